The summed E-state index contributed by atoms with van der Waals surface area (Å²) in [6.45, 7) is 5.68. The third kappa shape index (κ3) is 10.2. The van der Waals surface area contributed by atoms with Crippen molar-refractivity contribution in [3.63, 3.8) is 0 Å². The quantitative estimate of drug-likeness (QED) is 0.209. The molecule has 44 heavy (non-hydrogen) atoms. The second-order valence-electron chi connectivity index (χ2n) is 11.7. The van der Waals surface area contributed by atoms with E-state index in [1.54, 1.807) is 43.3 Å². The highest BCUT2D eigenvalue weighted by Crippen LogP contribution is 2.48. The van der Waals surface area contributed by atoms with Crippen LogP contribution in [0, 0.1) is 11.8 Å². The third-order valence-electron chi connectivity index (χ3n) is 7.56. The molecular weight excluding hydrogens is 585 g/mol. The SMILES string of the molecule is COC(=O)[C@H](CC(C)C)NC(=O)[C@@H]1CCCN1C(=O)C(C)CP(=O)(O)C(Cc1ccccc1)NC(=O)OCc1ccccc1. The number of benzene rings is 2. The summed E-state index contributed by atoms with van der Waals surface area (Å²) in [4.78, 5) is 64.4. The fraction of sp³-hybridized carbons (Fsp3) is 0.500. The number of carbonyl (C=O) groups is 4. The Balaban J connectivity index is 1.70. The Labute approximate surface area is 259 Å². The second kappa shape index (κ2) is 16.4. The van der Waals surface area contributed by atoms with Gasteiger partial charge in [-0.25, -0.2) is 9.59 Å². The van der Waals surface area contributed by atoms with E-state index in [9.17, 15) is 28.6 Å². The predicted molar refractivity (Wildman–Crippen MR) is 166 cm³/mol. The van der Waals surface area contributed by atoms with E-state index in [1.165, 1.54) is 12.0 Å². The van der Waals surface area contributed by atoms with Crippen LogP contribution < -0.4 is 10.6 Å². The maximum Gasteiger partial charge on any atom is 0.408 e. The van der Waals surface area contributed by atoms with Crippen LogP contribution in [0.5, 0.6) is 0 Å². The molecule has 1 aliphatic rings. The Bertz CT molecular complexity index is 1310. The number of methoxy groups -OCH3 is 1. The standard InChI is InChI=1S/C32H44N3O8P/c1-22(2)18-26(31(38)42-4)33-29(36)27-16-11-17-35(27)30(37)23(3)21-44(40,41)28(19-24-12-7-5-8-13-24)34-32(39)43-20-25-14-9-6-10-15-25/h5-10,12-15,22-23,26-28H,11,16-21H2,1-4H3,(H,33,36)(H,34,39)(H,40,41)/t23?,26-,27-,28?/m0/s1. The van der Waals surface area contributed by atoms with Gasteiger partial charge in [-0.3, -0.25) is 14.2 Å². The minimum absolute atomic E-state index is 0.0121. The van der Waals surface area contributed by atoms with Gasteiger partial charge in [-0.1, -0.05) is 81.4 Å². The maximum atomic E-state index is 13.8. The molecule has 11 nitrogen and oxygen atoms in total. The highest BCUT2D eigenvalue weighted by atomic mass is 31.2. The number of amides is 3. The van der Waals surface area contributed by atoms with Crippen LogP contribution >= 0.6 is 7.37 Å². The minimum Gasteiger partial charge on any atom is -0.467 e. The van der Waals surface area contributed by atoms with E-state index in [1.807, 2.05) is 38.1 Å². The maximum absolute atomic E-state index is 13.8. The first kappa shape index (κ1) is 34.8. The number of rotatable bonds is 14. The van der Waals surface area contributed by atoms with Crippen molar-refractivity contribution in [1.82, 2.24) is 15.5 Å². The van der Waals surface area contributed by atoms with Crippen molar-refractivity contribution >= 4 is 31.2 Å². The Morgan fingerprint density at radius 2 is 1.59 bits per heavy atom. The number of alkyl carbamates (subject to hydrolysis) is 1. The molecule has 0 spiro atoms. The van der Waals surface area contributed by atoms with Gasteiger partial charge in [-0.05, 0) is 36.3 Å². The first-order chi connectivity index (χ1) is 20.9. The third-order valence-corrected chi connectivity index (χ3v) is 9.92. The molecule has 0 aromatic heterocycles. The van der Waals surface area contributed by atoms with Crippen molar-refractivity contribution in [2.24, 2.45) is 11.8 Å². The van der Waals surface area contributed by atoms with E-state index >= 15 is 0 Å². The van der Waals surface area contributed by atoms with Gasteiger partial charge < -0.3 is 29.9 Å². The molecule has 3 rings (SSSR count). The van der Waals surface area contributed by atoms with Gasteiger partial charge in [0.1, 0.15) is 24.5 Å². The Morgan fingerprint density at radius 1 is 0.977 bits per heavy atom. The van der Waals surface area contributed by atoms with Gasteiger partial charge in [0, 0.05) is 25.0 Å². The zero-order valence-electron chi connectivity index (χ0n) is 25.8. The largest absolute Gasteiger partial charge is 0.467 e. The van der Waals surface area contributed by atoms with Crippen molar-refractivity contribution in [3.8, 4) is 0 Å². The summed E-state index contributed by atoms with van der Waals surface area (Å²) in [7, 11) is -2.93. The van der Waals surface area contributed by atoms with E-state index in [2.05, 4.69) is 10.6 Å². The van der Waals surface area contributed by atoms with E-state index in [4.69, 9.17) is 9.47 Å². The van der Waals surface area contributed by atoms with Crippen molar-refractivity contribution in [1.29, 1.82) is 0 Å². The van der Waals surface area contributed by atoms with E-state index in [0.717, 1.165) is 11.1 Å². The van der Waals surface area contributed by atoms with E-state index < -0.39 is 61.2 Å². The number of ether oxygens (including phenoxy) is 2. The smallest absolute Gasteiger partial charge is 0.408 e. The lowest BCUT2D eigenvalue weighted by molar-refractivity contribution is -0.147. The Kier molecular flexibility index (Phi) is 13.0. The number of esters is 1. The summed E-state index contributed by atoms with van der Waals surface area (Å²) in [5.74, 6) is -3.48. The molecule has 12 heteroatoms. The summed E-state index contributed by atoms with van der Waals surface area (Å²) < 4.78 is 24.0. The number of nitrogens with one attached hydrogen (secondary N) is 2. The zero-order valence-corrected chi connectivity index (χ0v) is 26.7. The molecule has 3 unspecified atom stereocenters. The fourth-order valence-electron chi connectivity index (χ4n) is 5.31. The molecule has 1 heterocycles. The first-order valence-corrected chi connectivity index (χ1v) is 16.8. The van der Waals surface area contributed by atoms with E-state index in [-0.39, 0.29) is 18.9 Å². The van der Waals surface area contributed by atoms with Crippen LogP contribution in [0.25, 0.3) is 0 Å². The number of likely N-dealkylation sites (tertiary alicyclic amines) is 1. The monoisotopic (exact) mass is 629 g/mol. The van der Waals surface area contributed by atoms with Crippen LogP contribution in [0.3, 0.4) is 0 Å². The molecule has 1 aliphatic heterocycles. The molecule has 0 saturated carbocycles. The molecule has 1 fully saturated rings. The van der Waals surface area contributed by atoms with Crippen LogP contribution in [0.4, 0.5) is 4.79 Å². The number of hydrogen-bond donors (Lipinski definition) is 3. The minimum atomic E-state index is -4.19. The normalized spacial score (nSPS) is 18.0. The number of hydrogen-bond acceptors (Lipinski definition) is 7. The summed E-state index contributed by atoms with van der Waals surface area (Å²) in [5.41, 5.74) is 1.49. The molecule has 240 valence electrons. The molecule has 2 aromatic carbocycles. The lowest BCUT2D eigenvalue weighted by atomic mass is 10.0. The molecule has 0 aliphatic carbocycles. The summed E-state index contributed by atoms with van der Waals surface area (Å²) in [6.07, 6.45) is 0.155. The summed E-state index contributed by atoms with van der Waals surface area (Å²) in [5, 5.41) is 5.29. The molecule has 3 amide bonds. The first-order valence-electron chi connectivity index (χ1n) is 14.9. The average molecular weight is 630 g/mol. The molecule has 5 atom stereocenters. The Hall–Kier alpha value is -3.69. The van der Waals surface area contributed by atoms with Gasteiger partial charge in [-0.15, -0.1) is 0 Å². The highest BCUT2D eigenvalue weighted by molar-refractivity contribution is 7.58. The van der Waals surface area contributed by atoms with Crippen LogP contribution in [0.15, 0.2) is 60.7 Å². The van der Waals surface area contributed by atoms with E-state index in [0.29, 0.717) is 25.8 Å². The van der Waals surface area contributed by atoms with Crippen molar-refractivity contribution in [2.45, 2.75) is 70.9 Å². The van der Waals surface area contributed by atoms with Gasteiger partial charge in [0.25, 0.3) is 0 Å². The second-order valence-corrected chi connectivity index (χ2v) is 14.2. The summed E-state index contributed by atoms with van der Waals surface area (Å²) in [6, 6.07) is 16.4. The van der Waals surface area contributed by atoms with Crippen LogP contribution in [-0.2, 0) is 41.5 Å². The zero-order chi connectivity index (χ0) is 32.3. The predicted octanol–water partition coefficient (Wildman–Crippen LogP) is 4.08. The highest BCUT2D eigenvalue weighted by Gasteiger charge is 2.41. The van der Waals surface area contributed by atoms with Crippen LogP contribution in [0.1, 0.15) is 51.2 Å². The van der Waals surface area contributed by atoms with Crippen molar-refractivity contribution in [3.05, 3.63) is 71.8 Å². The topological polar surface area (TPSA) is 151 Å². The Morgan fingerprint density at radius 3 is 2.18 bits per heavy atom. The lowest BCUT2D eigenvalue weighted by Crippen LogP contribution is -2.52. The van der Waals surface area contributed by atoms with Crippen LogP contribution in [0.2, 0.25) is 0 Å². The molecule has 0 bridgehead atoms. The van der Waals surface area contributed by atoms with Crippen molar-refractivity contribution in [2.75, 3.05) is 19.8 Å². The number of carbonyl (C=O) groups excluding carboxylic acids is 4. The fourth-order valence-corrected chi connectivity index (χ4v) is 7.31. The van der Waals surface area contributed by atoms with Crippen molar-refractivity contribution < 1.29 is 38.1 Å². The van der Waals surface area contributed by atoms with Gasteiger partial charge in [0.05, 0.1) is 7.11 Å². The summed E-state index contributed by atoms with van der Waals surface area (Å²) >= 11 is 0. The average Bonchev–Trinajstić information content (AvgIpc) is 3.49. The molecule has 3 N–H and O–H groups in total. The van der Waals surface area contributed by atoms with Gasteiger partial charge in [0.2, 0.25) is 19.2 Å². The van der Waals surface area contributed by atoms with Crippen LogP contribution in [-0.4, -0.2) is 71.4 Å². The number of nitrogens with zero attached hydrogens (tertiary/aromatic N) is 1. The van der Waals surface area contributed by atoms with Gasteiger partial charge in [-0.2, -0.15) is 0 Å². The molecule has 0 radical (unpaired) electrons. The molecule has 1 saturated heterocycles. The van der Waals surface area contributed by atoms with Gasteiger partial charge >= 0.3 is 12.1 Å². The molecular formula is C32H44N3O8P. The molecule has 2 aromatic rings. The lowest BCUT2D eigenvalue weighted by Gasteiger charge is -2.30. The van der Waals surface area contributed by atoms with Gasteiger partial charge in [0.15, 0.2) is 0 Å².